The van der Waals surface area contributed by atoms with Gasteiger partial charge in [0.05, 0.1) is 10.9 Å². The van der Waals surface area contributed by atoms with Gasteiger partial charge in [-0.3, -0.25) is 0 Å². The van der Waals surface area contributed by atoms with E-state index < -0.39 is 0 Å². The molecule has 4 aromatic carbocycles. The molecule has 2 heteroatoms. The molecular weight excluding hydrogens is 414 g/mol. The minimum absolute atomic E-state index is 0.644. The number of pyridine rings is 1. The molecule has 2 nitrogen and oxygen atoms in total. The van der Waals surface area contributed by atoms with Crippen LogP contribution in [0, 0.1) is 12.8 Å². The van der Waals surface area contributed by atoms with Crippen LogP contribution in [0.25, 0.3) is 43.9 Å². The van der Waals surface area contributed by atoms with Crippen molar-refractivity contribution in [3.8, 4) is 33.9 Å². The molecule has 0 fully saturated rings. The Morgan fingerprint density at radius 3 is 2.38 bits per heavy atom. The molecule has 1 aliphatic heterocycles. The Morgan fingerprint density at radius 2 is 1.62 bits per heavy atom. The van der Waals surface area contributed by atoms with Crippen molar-refractivity contribution in [1.29, 1.82) is 0 Å². The highest BCUT2D eigenvalue weighted by atomic mass is 16.5. The van der Waals surface area contributed by atoms with Gasteiger partial charge in [-0.1, -0.05) is 80.9 Å². The summed E-state index contributed by atoms with van der Waals surface area (Å²) in [5.41, 5.74) is 7.41. The maximum Gasteiger partial charge on any atom is 0.228 e. The highest BCUT2D eigenvalue weighted by Crippen LogP contribution is 2.53. The largest absolute Gasteiger partial charge is 0.455 e. The summed E-state index contributed by atoms with van der Waals surface area (Å²) in [6.07, 6.45) is 4.43. The molecular formula is C32H30NO+. The molecule has 0 radical (unpaired) electrons. The van der Waals surface area contributed by atoms with Crippen molar-refractivity contribution in [2.45, 2.75) is 33.6 Å². The molecule has 1 unspecified atom stereocenters. The van der Waals surface area contributed by atoms with E-state index in [0.717, 1.165) is 17.9 Å². The second-order valence-electron chi connectivity index (χ2n) is 9.77. The Hall–Kier alpha value is -3.65. The summed E-state index contributed by atoms with van der Waals surface area (Å²) in [5.74, 6) is 2.59. The van der Waals surface area contributed by atoms with E-state index in [1.54, 1.807) is 0 Å². The second-order valence-corrected chi connectivity index (χ2v) is 9.77. The number of ether oxygens (including phenoxy) is 1. The predicted molar refractivity (Wildman–Crippen MR) is 141 cm³/mol. The van der Waals surface area contributed by atoms with Crippen LogP contribution in [0.3, 0.4) is 0 Å². The van der Waals surface area contributed by atoms with Crippen LogP contribution < -0.4 is 9.30 Å². The van der Waals surface area contributed by atoms with Crippen LogP contribution in [0.5, 0.6) is 11.5 Å². The molecule has 0 saturated carbocycles. The van der Waals surface area contributed by atoms with Gasteiger partial charge >= 0.3 is 0 Å². The maximum absolute atomic E-state index is 6.92. The molecule has 0 bridgehead atoms. The lowest BCUT2D eigenvalue weighted by Crippen LogP contribution is -2.32. The summed E-state index contributed by atoms with van der Waals surface area (Å²) in [6, 6.07) is 26.3. The fraction of sp³-hybridized carbons (Fsp3) is 0.219. The Balaban J connectivity index is 1.74. The number of fused-ring (bicyclic) bond motifs is 3. The molecule has 0 spiro atoms. The third-order valence-electron chi connectivity index (χ3n) is 7.48. The topological polar surface area (TPSA) is 13.1 Å². The van der Waals surface area contributed by atoms with E-state index in [-0.39, 0.29) is 0 Å². The lowest BCUT2D eigenvalue weighted by Gasteiger charge is -2.26. The zero-order chi connectivity index (χ0) is 23.4. The third kappa shape index (κ3) is 3.13. The van der Waals surface area contributed by atoms with Crippen molar-refractivity contribution in [1.82, 2.24) is 0 Å². The number of aryl methyl sites for hydroxylation is 2. The Morgan fingerprint density at radius 1 is 0.882 bits per heavy atom. The first kappa shape index (κ1) is 20.9. The number of hydrogen-bond donors (Lipinski definition) is 0. The summed E-state index contributed by atoms with van der Waals surface area (Å²) < 4.78 is 9.18. The first-order valence-corrected chi connectivity index (χ1v) is 12.3. The smallest absolute Gasteiger partial charge is 0.228 e. The van der Waals surface area contributed by atoms with E-state index in [1.807, 2.05) is 0 Å². The van der Waals surface area contributed by atoms with Crippen molar-refractivity contribution in [3.63, 3.8) is 0 Å². The monoisotopic (exact) mass is 444 g/mol. The predicted octanol–water partition coefficient (Wildman–Crippen LogP) is 8.15. The molecule has 0 saturated heterocycles. The summed E-state index contributed by atoms with van der Waals surface area (Å²) in [4.78, 5) is 0. The molecule has 5 aromatic rings. The SMILES string of the molecule is CCC(C)Cc1cc2c3c([n+](C)ccc3c1)-c1c(c(-c3ccccc3)c3ccccc3c1C)O2. The van der Waals surface area contributed by atoms with Crippen LogP contribution in [-0.4, -0.2) is 0 Å². The Bertz CT molecular complexity index is 1570. The number of aromatic nitrogens is 1. The van der Waals surface area contributed by atoms with Crippen LogP contribution in [0.2, 0.25) is 0 Å². The van der Waals surface area contributed by atoms with Crippen molar-refractivity contribution < 1.29 is 9.30 Å². The van der Waals surface area contributed by atoms with E-state index >= 15 is 0 Å². The number of benzene rings is 4. The summed E-state index contributed by atoms with van der Waals surface area (Å²) in [6.45, 7) is 6.83. The molecule has 0 N–H and O–H groups in total. The molecule has 2 heterocycles. The van der Waals surface area contributed by atoms with Gasteiger partial charge in [0.25, 0.3) is 0 Å². The van der Waals surface area contributed by atoms with E-state index in [4.69, 9.17) is 4.74 Å². The highest BCUT2D eigenvalue weighted by molar-refractivity contribution is 6.11. The van der Waals surface area contributed by atoms with Gasteiger partial charge in [-0.25, -0.2) is 4.57 Å². The summed E-state index contributed by atoms with van der Waals surface area (Å²) in [7, 11) is 2.15. The van der Waals surface area contributed by atoms with Gasteiger partial charge in [-0.2, -0.15) is 0 Å². The second kappa shape index (κ2) is 7.99. The van der Waals surface area contributed by atoms with Crippen molar-refractivity contribution >= 4 is 21.5 Å². The number of nitrogens with zero attached hydrogens (tertiary/aromatic N) is 1. The van der Waals surface area contributed by atoms with Crippen LogP contribution in [0.15, 0.2) is 79.0 Å². The average molecular weight is 445 g/mol. The van der Waals surface area contributed by atoms with E-state index in [0.29, 0.717) is 5.92 Å². The van der Waals surface area contributed by atoms with Crippen LogP contribution in [-0.2, 0) is 13.5 Å². The average Bonchev–Trinajstić information content (AvgIpc) is 2.86. The highest BCUT2D eigenvalue weighted by Gasteiger charge is 2.33. The van der Waals surface area contributed by atoms with Crippen LogP contribution in [0.4, 0.5) is 0 Å². The van der Waals surface area contributed by atoms with Gasteiger partial charge in [0.15, 0.2) is 6.20 Å². The maximum atomic E-state index is 6.92. The number of hydrogen-bond acceptors (Lipinski definition) is 1. The molecule has 34 heavy (non-hydrogen) atoms. The molecule has 0 aliphatic carbocycles. The molecule has 0 amide bonds. The van der Waals surface area contributed by atoms with E-state index in [9.17, 15) is 0 Å². The van der Waals surface area contributed by atoms with Gasteiger partial charge in [-0.15, -0.1) is 0 Å². The molecule has 1 aliphatic rings. The quantitative estimate of drug-likeness (QED) is 0.250. The van der Waals surface area contributed by atoms with Crippen molar-refractivity contribution in [3.05, 3.63) is 90.1 Å². The first-order chi connectivity index (χ1) is 16.6. The Labute approximate surface area is 201 Å². The lowest BCUT2D eigenvalue weighted by atomic mass is 9.86. The van der Waals surface area contributed by atoms with E-state index in [1.165, 1.54) is 61.5 Å². The minimum atomic E-state index is 0.644. The molecule has 1 aromatic heterocycles. The van der Waals surface area contributed by atoms with Gasteiger partial charge in [0, 0.05) is 11.6 Å². The zero-order valence-electron chi connectivity index (χ0n) is 20.4. The first-order valence-electron chi connectivity index (χ1n) is 12.3. The normalized spacial score (nSPS) is 13.1. The van der Waals surface area contributed by atoms with Crippen molar-refractivity contribution in [2.24, 2.45) is 13.0 Å². The minimum Gasteiger partial charge on any atom is -0.455 e. The molecule has 168 valence electrons. The number of rotatable bonds is 4. The fourth-order valence-corrected chi connectivity index (χ4v) is 5.54. The van der Waals surface area contributed by atoms with Gasteiger partial charge < -0.3 is 4.74 Å². The fourth-order valence-electron chi connectivity index (χ4n) is 5.54. The van der Waals surface area contributed by atoms with E-state index in [2.05, 4.69) is 111 Å². The van der Waals surface area contributed by atoms with Crippen LogP contribution >= 0.6 is 0 Å². The standard InChI is InChI=1S/C32H30NO/c1-5-20(2)17-22-18-24-15-16-33(4)31-28-21(3)25-13-9-10-14-26(25)29(23-11-7-6-8-12-23)32(28)34-27(19-22)30(24)31/h6-16,18-20H,5,17H2,1-4H3/q+1. The zero-order valence-corrected chi connectivity index (χ0v) is 20.4. The van der Waals surface area contributed by atoms with Gasteiger partial charge in [0.1, 0.15) is 18.5 Å². The Kier molecular flexibility index (Phi) is 4.91. The van der Waals surface area contributed by atoms with Gasteiger partial charge in [-0.05, 0) is 58.2 Å². The third-order valence-corrected chi connectivity index (χ3v) is 7.48. The van der Waals surface area contributed by atoms with Crippen LogP contribution in [0.1, 0.15) is 31.4 Å². The molecule has 1 atom stereocenters. The lowest BCUT2D eigenvalue weighted by molar-refractivity contribution is -0.659. The molecule has 6 rings (SSSR count). The van der Waals surface area contributed by atoms with Gasteiger partial charge in [0.2, 0.25) is 5.69 Å². The summed E-state index contributed by atoms with van der Waals surface area (Å²) >= 11 is 0. The van der Waals surface area contributed by atoms with Crippen molar-refractivity contribution in [2.75, 3.05) is 0 Å². The summed E-state index contributed by atoms with van der Waals surface area (Å²) in [5, 5.41) is 4.97.